The number of anilines is 1. The number of likely N-dealkylation sites (tertiary alicyclic amines) is 1. The Morgan fingerprint density at radius 1 is 1.18 bits per heavy atom. The van der Waals surface area contributed by atoms with Crippen molar-refractivity contribution in [3.05, 3.63) is 64.2 Å². The number of aromatic nitrogens is 4. The van der Waals surface area contributed by atoms with Crippen molar-refractivity contribution in [3.63, 3.8) is 0 Å². The highest BCUT2D eigenvalue weighted by molar-refractivity contribution is 6.10. The Hall–Kier alpha value is -3.55. The van der Waals surface area contributed by atoms with E-state index < -0.39 is 23.1 Å². The number of carbonyl (C=O) groups excluding carboxylic acids is 1. The lowest BCUT2D eigenvalue weighted by atomic mass is 9.75. The van der Waals surface area contributed by atoms with Gasteiger partial charge in [0.25, 0.3) is 5.91 Å². The van der Waals surface area contributed by atoms with Crippen molar-refractivity contribution in [1.82, 2.24) is 24.6 Å². The van der Waals surface area contributed by atoms with E-state index in [0.29, 0.717) is 37.7 Å². The Morgan fingerprint density at radius 3 is 2.58 bits per heavy atom. The smallest absolute Gasteiger partial charge is 0.416 e. The molecule has 3 aliphatic rings. The third-order valence-electron chi connectivity index (χ3n) is 8.63. The maximum Gasteiger partial charge on any atom is 0.416 e. The lowest BCUT2D eigenvalue weighted by Crippen LogP contribution is -2.49. The predicted molar refractivity (Wildman–Crippen MR) is 161 cm³/mol. The predicted octanol–water partition coefficient (Wildman–Crippen LogP) is 4.53. The van der Waals surface area contributed by atoms with Gasteiger partial charge in [0, 0.05) is 43.6 Å². The van der Waals surface area contributed by atoms with Crippen molar-refractivity contribution in [2.75, 3.05) is 44.4 Å². The standard InChI is InChI=1S/C30H35F3N6O4.C2H6/c1-19-4-3-5-38(13-19)14-20-8-22-23(24(9-20)30(31,32)33)15-39(28(22)41)25-10-21(11-27(35-25)43-7-6-40)29(16-42-17-29)12-26-36-34-18-37(26)2;1-2/h8-11,18-19,40H,3-7,12-17H2,1-2H3;1-2H3/t19-;/m0./s1. The SMILES string of the molecule is CC.C[C@H]1CCCN(Cc2cc3c(c(C(F)(F)F)c2)CN(c2cc(C4(Cc5nncn5C)COC4)cc(OCCO)n2)C3=O)C1. The number of aliphatic hydroxyl groups excluding tert-OH is 1. The van der Waals surface area contributed by atoms with Gasteiger partial charge in [-0.3, -0.25) is 14.6 Å². The van der Waals surface area contributed by atoms with Crippen LogP contribution in [0.15, 0.2) is 30.6 Å². The maximum atomic E-state index is 14.4. The lowest BCUT2D eigenvalue weighted by Gasteiger charge is -2.42. The molecule has 2 aromatic heterocycles. The lowest BCUT2D eigenvalue weighted by molar-refractivity contribution is -0.138. The number of aliphatic hydroxyl groups is 1. The van der Waals surface area contributed by atoms with Crippen LogP contribution in [0.1, 0.15) is 72.0 Å². The fourth-order valence-electron chi connectivity index (χ4n) is 6.33. The van der Waals surface area contributed by atoms with E-state index in [1.54, 1.807) is 24.5 Å². The van der Waals surface area contributed by atoms with Gasteiger partial charge in [-0.2, -0.15) is 18.2 Å². The van der Waals surface area contributed by atoms with Crippen molar-refractivity contribution >= 4 is 11.7 Å². The molecule has 6 rings (SSSR count). The molecule has 0 spiro atoms. The van der Waals surface area contributed by atoms with Crippen LogP contribution in [0.2, 0.25) is 0 Å². The molecule has 0 unspecified atom stereocenters. The van der Waals surface area contributed by atoms with Crippen LogP contribution in [-0.2, 0) is 42.9 Å². The number of amides is 1. The van der Waals surface area contributed by atoms with Gasteiger partial charge in [-0.1, -0.05) is 20.8 Å². The van der Waals surface area contributed by atoms with E-state index in [4.69, 9.17) is 9.47 Å². The fourth-order valence-corrected chi connectivity index (χ4v) is 6.33. The summed E-state index contributed by atoms with van der Waals surface area (Å²) in [6.07, 6.45) is -0.438. The molecule has 3 aromatic rings. The number of fused-ring (bicyclic) bond motifs is 1. The zero-order valence-electron chi connectivity index (χ0n) is 26.2. The molecule has 2 fully saturated rings. The molecule has 0 radical (unpaired) electrons. The third kappa shape index (κ3) is 6.85. The van der Waals surface area contributed by atoms with E-state index in [2.05, 4.69) is 27.0 Å². The Kier molecular flexibility index (Phi) is 9.80. The molecule has 1 N–H and O–H groups in total. The quantitative estimate of drug-likeness (QED) is 0.368. The normalized spacial score (nSPS) is 19.5. The number of carbonyl (C=O) groups is 1. The number of pyridine rings is 1. The number of hydrogen-bond donors (Lipinski definition) is 1. The van der Waals surface area contributed by atoms with E-state index >= 15 is 0 Å². The molecule has 2 saturated heterocycles. The second-order valence-electron chi connectivity index (χ2n) is 12.0. The van der Waals surface area contributed by atoms with Crippen LogP contribution < -0.4 is 9.64 Å². The van der Waals surface area contributed by atoms with E-state index in [-0.39, 0.29) is 42.6 Å². The first-order chi connectivity index (χ1) is 21.6. The van der Waals surface area contributed by atoms with Crippen LogP contribution >= 0.6 is 0 Å². The third-order valence-corrected chi connectivity index (χ3v) is 8.63. The Bertz CT molecular complexity index is 1510. The Morgan fingerprint density at radius 2 is 1.96 bits per heavy atom. The fraction of sp³-hybridized carbons (Fsp3) is 0.562. The Balaban J connectivity index is 0.00000196. The zero-order chi connectivity index (χ0) is 32.4. The number of aryl methyl sites for hydroxylation is 1. The molecule has 0 saturated carbocycles. The number of hydrogen-bond acceptors (Lipinski definition) is 8. The van der Waals surface area contributed by atoms with Crippen molar-refractivity contribution in [3.8, 4) is 5.88 Å². The van der Waals surface area contributed by atoms with Crippen LogP contribution in [-0.4, -0.2) is 75.2 Å². The summed E-state index contributed by atoms with van der Waals surface area (Å²) >= 11 is 0. The van der Waals surface area contributed by atoms with Crippen molar-refractivity contribution < 1.29 is 32.5 Å². The number of ether oxygens (including phenoxy) is 2. The van der Waals surface area contributed by atoms with Gasteiger partial charge in [0.05, 0.1) is 31.9 Å². The highest BCUT2D eigenvalue weighted by atomic mass is 19.4. The summed E-state index contributed by atoms with van der Waals surface area (Å²) in [5, 5.41) is 17.5. The molecule has 0 aliphatic carbocycles. The molecule has 10 nitrogen and oxygen atoms in total. The summed E-state index contributed by atoms with van der Waals surface area (Å²) < 4.78 is 56.2. The second-order valence-corrected chi connectivity index (χ2v) is 12.0. The van der Waals surface area contributed by atoms with E-state index in [1.807, 2.05) is 25.5 Å². The van der Waals surface area contributed by atoms with Crippen LogP contribution in [0.5, 0.6) is 5.88 Å². The van der Waals surface area contributed by atoms with Gasteiger partial charge < -0.3 is 19.1 Å². The summed E-state index contributed by atoms with van der Waals surface area (Å²) in [5.74, 6) is 0.996. The van der Waals surface area contributed by atoms with Gasteiger partial charge >= 0.3 is 6.18 Å². The van der Waals surface area contributed by atoms with Crippen LogP contribution in [0, 0.1) is 5.92 Å². The average molecular weight is 631 g/mol. The van der Waals surface area contributed by atoms with E-state index in [0.717, 1.165) is 37.3 Å². The second kappa shape index (κ2) is 13.4. The first-order valence-electron chi connectivity index (χ1n) is 15.5. The van der Waals surface area contributed by atoms with Gasteiger partial charge in [0.1, 0.15) is 24.6 Å². The van der Waals surface area contributed by atoms with Gasteiger partial charge in [0.2, 0.25) is 5.88 Å². The molecule has 244 valence electrons. The molecule has 0 bridgehead atoms. The van der Waals surface area contributed by atoms with E-state index in [1.165, 1.54) is 11.0 Å². The van der Waals surface area contributed by atoms with Crippen molar-refractivity contribution in [2.24, 2.45) is 13.0 Å². The van der Waals surface area contributed by atoms with E-state index in [9.17, 15) is 23.1 Å². The van der Waals surface area contributed by atoms with Gasteiger partial charge in [0.15, 0.2) is 0 Å². The molecule has 1 aromatic carbocycles. The number of piperidine rings is 1. The van der Waals surface area contributed by atoms with Gasteiger partial charge in [-0.05, 0) is 60.2 Å². The van der Waals surface area contributed by atoms with Crippen LogP contribution in [0.3, 0.4) is 0 Å². The summed E-state index contributed by atoms with van der Waals surface area (Å²) in [5.41, 5.74) is -0.112. The summed E-state index contributed by atoms with van der Waals surface area (Å²) in [6, 6.07) is 6.24. The summed E-state index contributed by atoms with van der Waals surface area (Å²) in [6.45, 7) is 8.30. The first-order valence-corrected chi connectivity index (χ1v) is 15.5. The monoisotopic (exact) mass is 630 g/mol. The topological polar surface area (TPSA) is 106 Å². The summed E-state index contributed by atoms with van der Waals surface area (Å²) in [7, 11) is 1.84. The molecule has 1 atom stereocenters. The first kappa shape index (κ1) is 32.8. The number of halogens is 3. The highest BCUT2D eigenvalue weighted by Gasteiger charge is 2.44. The highest BCUT2D eigenvalue weighted by Crippen LogP contribution is 2.42. The molecule has 1 amide bonds. The number of nitrogens with zero attached hydrogens (tertiary/aromatic N) is 6. The van der Waals surface area contributed by atoms with Crippen molar-refractivity contribution in [2.45, 2.75) is 64.7 Å². The minimum absolute atomic E-state index is 0.0342. The molecule has 13 heteroatoms. The molecular formula is C32H41F3N6O4. The molecular weight excluding hydrogens is 589 g/mol. The summed E-state index contributed by atoms with van der Waals surface area (Å²) in [4.78, 5) is 21.7. The molecule has 5 heterocycles. The number of benzene rings is 1. The average Bonchev–Trinajstić information content (AvgIpc) is 3.55. The largest absolute Gasteiger partial charge is 0.475 e. The number of rotatable bonds is 9. The zero-order valence-corrected chi connectivity index (χ0v) is 26.2. The Labute approximate surface area is 261 Å². The minimum Gasteiger partial charge on any atom is -0.475 e. The van der Waals surface area contributed by atoms with Crippen molar-refractivity contribution in [1.29, 1.82) is 0 Å². The number of alkyl halides is 3. The maximum absolute atomic E-state index is 14.4. The van der Waals surface area contributed by atoms with Crippen LogP contribution in [0.25, 0.3) is 0 Å². The van der Waals surface area contributed by atoms with Gasteiger partial charge in [-0.15, -0.1) is 10.2 Å². The molecule has 3 aliphatic heterocycles. The van der Waals surface area contributed by atoms with Gasteiger partial charge in [-0.25, -0.2) is 0 Å². The van der Waals surface area contributed by atoms with Crippen LogP contribution in [0.4, 0.5) is 19.0 Å². The minimum atomic E-state index is -4.63. The molecule has 45 heavy (non-hydrogen) atoms.